The fraction of sp³-hybridized carbons (Fsp3) is 1.00. The van der Waals surface area contributed by atoms with Crippen LogP contribution in [0.5, 0.6) is 0 Å². The molecule has 0 spiro atoms. The SMILES string of the molecule is CCCC1CN(C2(C)CCS(=O)(=O)C2)CCN1. The first kappa shape index (κ1) is 13.3. The molecule has 0 aromatic heterocycles. The largest absolute Gasteiger partial charge is 0.311 e. The lowest BCUT2D eigenvalue weighted by molar-refractivity contribution is 0.0849. The molecule has 0 aromatic rings. The van der Waals surface area contributed by atoms with Crippen LogP contribution in [0, 0.1) is 0 Å². The molecule has 0 radical (unpaired) electrons. The molecule has 2 rings (SSSR count). The van der Waals surface area contributed by atoms with Crippen LogP contribution >= 0.6 is 0 Å². The molecule has 2 heterocycles. The zero-order chi connectivity index (χ0) is 12.5. The van der Waals surface area contributed by atoms with Crippen molar-refractivity contribution in [2.45, 2.75) is 44.7 Å². The van der Waals surface area contributed by atoms with Crippen molar-refractivity contribution in [2.75, 3.05) is 31.1 Å². The number of nitrogens with one attached hydrogen (secondary N) is 1. The molecule has 0 saturated carbocycles. The molecular weight excluding hydrogens is 236 g/mol. The van der Waals surface area contributed by atoms with Gasteiger partial charge in [-0.15, -0.1) is 0 Å². The fourth-order valence-electron chi connectivity index (χ4n) is 3.10. The van der Waals surface area contributed by atoms with Gasteiger partial charge in [0, 0.05) is 31.2 Å². The van der Waals surface area contributed by atoms with Crippen LogP contribution in [0.3, 0.4) is 0 Å². The Morgan fingerprint density at radius 1 is 1.47 bits per heavy atom. The summed E-state index contributed by atoms with van der Waals surface area (Å²) in [7, 11) is -2.80. The Labute approximate surface area is 105 Å². The molecule has 1 N–H and O–H groups in total. The maximum Gasteiger partial charge on any atom is 0.152 e. The van der Waals surface area contributed by atoms with Crippen LogP contribution in [-0.2, 0) is 9.84 Å². The first-order valence-corrected chi connectivity index (χ1v) is 8.46. The summed E-state index contributed by atoms with van der Waals surface area (Å²) in [6.07, 6.45) is 3.16. The smallest absolute Gasteiger partial charge is 0.152 e. The first-order chi connectivity index (χ1) is 7.95. The van der Waals surface area contributed by atoms with Gasteiger partial charge in [0.25, 0.3) is 0 Å². The summed E-state index contributed by atoms with van der Waals surface area (Å²) in [5.41, 5.74) is -0.118. The van der Waals surface area contributed by atoms with E-state index in [4.69, 9.17) is 0 Å². The predicted octanol–water partition coefficient (Wildman–Crippen LogP) is 0.638. The summed E-state index contributed by atoms with van der Waals surface area (Å²) in [5, 5.41) is 3.52. The molecule has 0 bridgehead atoms. The van der Waals surface area contributed by atoms with Gasteiger partial charge in [-0.05, 0) is 19.8 Å². The lowest BCUT2D eigenvalue weighted by Crippen LogP contribution is -2.59. The Morgan fingerprint density at radius 2 is 2.24 bits per heavy atom. The summed E-state index contributed by atoms with van der Waals surface area (Å²) in [5.74, 6) is 0.713. The number of piperazine rings is 1. The third-order valence-corrected chi connectivity index (χ3v) is 6.03. The molecule has 2 unspecified atom stereocenters. The minimum atomic E-state index is -2.80. The van der Waals surface area contributed by atoms with E-state index in [0.29, 0.717) is 17.5 Å². The molecule has 5 heteroatoms. The van der Waals surface area contributed by atoms with Crippen molar-refractivity contribution in [2.24, 2.45) is 0 Å². The van der Waals surface area contributed by atoms with E-state index >= 15 is 0 Å². The maximum absolute atomic E-state index is 11.7. The van der Waals surface area contributed by atoms with Crippen molar-refractivity contribution in [1.82, 2.24) is 10.2 Å². The van der Waals surface area contributed by atoms with Crippen LogP contribution in [0.15, 0.2) is 0 Å². The lowest BCUT2D eigenvalue weighted by Gasteiger charge is -2.43. The second-order valence-electron chi connectivity index (χ2n) is 5.72. The summed E-state index contributed by atoms with van der Waals surface area (Å²) >= 11 is 0. The van der Waals surface area contributed by atoms with Crippen molar-refractivity contribution >= 4 is 9.84 Å². The van der Waals surface area contributed by atoms with E-state index in [1.165, 1.54) is 12.8 Å². The van der Waals surface area contributed by atoms with Crippen LogP contribution in [0.4, 0.5) is 0 Å². The van der Waals surface area contributed by atoms with Crippen LogP contribution in [0.1, 0.15) is 33.1 Å². The molecule has 2 fully saturated rings. The van der Waals surface area contributed by atoms with Crippen LogP contribution in [0.2, 0.25) is 0 Å². The van der Waals surface area contributed by atoms with Crippen molar-refractivity contribution < 1.29 is 8.42 Å². The normalized spacial score (nSPS) is 38.4. The maximum atomic E-state index is 11.7. The molecule has 0 aromatic carbocycles. The van der Waals surface area contributed by atoms with Crippen LogP contribution in [-0.4, -0.2) is 56.0 Å². The highest BCUT2D eigenvalue weighted by Crippen LogP contribution is 2.30. The standard InChI is InChI=1S/C12H24N2O2S/c1-3-4-11-9-14(7-6-13-11)12(2)5-8-17(15,16)10-12/h11,13H,3-10H2,1-2H3. The van der Waals surface area contributed by atoms with Gasteiger partial charge in [0.05, 0.1) is 11.5 Å². The fourth-order valence-corrected chi connectivity index (χ4v) is 5.27. The number of sulfone groups is 1. The van der Waals surface area contributed by atoms with E-state index in [2.05, 4.69) is 24.1 Å². The van der Waals surface area contributed by atoms with Crippen molar-refractivity contribution in [3.05, 3.63) is 0 Å². The highest BCUT2D eigenvalue weighted by Gasteiger charge is 2.43. The Hall–Kier alpha value is -0.130. The Kier molecular flexibility index (Phi) is 3.80. The molecule has 2 saturated heterocycles. The van der Waals surface area contributed by atoms with Crippen LogP contribution in [0.25, 0.3) is 0 Å². The molecule has 0 amide bonds. The van der Waals surface area contributed by atoms with E-state index in [0.717, 1.165) is 26.1 Å². The van der Waals surface area contributed by atoms with Crippen molar-refractivity contribution in [1.29, 1.82) is 0 Å². The molecule has 4 nitrogen and oxygen atoms in total. The molecule has 2 aliphatic heterocycles. The molecule has 17 heavy (non-hydrogen) atoms. The molecular formula is C12H24N2O2S. The van der Waals surface area contributed by atoms with Gasteiger partial charge in [0.1, 0.15) is 0 Å². The molecule has 100 valence electrons. The highest BCUT2D eigenvalue weighted by molar-refractivity contribution is 7.91. The topological polar surface area (TPSA) is 49.4 Å². The summed E-state index contributed by atoms with van der Waals surface area (Å²) in [6.45, 7) is 7.28. The highest BCUT2D eigenvalue weighted by atomic mass is 32.2. The number of hydrogen-bond acceptors (Lipinski definition) is 4. The predicted molar refractivity (Wildman–Crippen MR) is 69.9 cm³/mol. The van der Waals surface area contributed by atoms with E-state index in [1.807, 2.05) is 0 Å². The first-order valence-electron chi connectivity index (χ1n) is 6.64. The summed E-state index contributed by atoms with van der Waals surface area (Å²) in [4.78, 5) is 2.40. The van der Waals surface area contributed by atoms with Gasteiger partial charge in [-0.2, -0.15) is 0 Å². The molecule has 2 aliphatic rings. The Morgan fingerprint density at radius 3 is 2.82 bits per heavy atom. The monoisotopic (exact) mass is 260 g/mol. The van der Waals surface area contributed by atoms with Gasteiger partial charge in [0.2, 0.25) is 0 Å². The minimum absolute atomic E-state index is 0.118. The van der Waals surface area contributed by atoms with E-state index in [9.17, 15) is 8.42 Å². The van der Waals surface area contributed by atoms with E-state index < -0.39 is 9.84 Å². The lowest BCUT2D eigenvalue weighted by atomic mass is 9.96. The molecule has 0 aliphatic carbocycles. The number of nitrogens with zero attached hydrogens (tertiary/aromatic N) is 1. The van der Waals surface area contributed by atoms with Gasteiger partial charge in [-0.3, -0.25) is 4.90 Å². The van der Waals surface area contributed by atoms with Gasteiger partial charge in [-0.25, -0.2) is 8.42 Å². The van der Waals surface area contributed by atoms with E-state index in [-0.39, 0.29) is 5.54 Å². The summed E-state index contributed by atoms with van der Waals surface area (Å²) in [6, 6.07) is 0.536. The number of hydrogen-bond donors (Lipinski definition) is 1. The van der Waals surface area contributed by atoms with Gasteiger partial charge in [-0.1, -0.05) is 13.3 Å². The van der Waals surface area contributed by atoms with Gasteiger partial charge in [0.15, 0.2) is 9.84 Å². The van der Waals surface area contributed by atoms with E-state index in [1.54, 1.807) is 0 Å². The zero-order valence-electron chi connectivity index (χ0n) is 10.9. The van der Waals surface area contributed by atoms with Crippen LogP contribution < -0.4 is 5.32 Å². The third kappa shape index (κ3) is 3.01. The summed E-state index contributed by atoms with van der Waals surface area (Å²) < 4.78 is 23.3. The quantitative estimate of drug-likeness (QED) is 0.809. The Balaban J connectivity index is 2.02. The Bertz CT molecular complexity index is 367. The van der Waals surface area contributed by atoms with Crippen molar-refractivity contribution in [3.63, 3.8) is 0 Å². The van der Waals surface area contributed by atoms with Gasteiger partial charge >= 0.3 is 0 Å². The molecule has 2 atom stereocenters. The minimum Gasteiger partial charge on any atom is -0.311 e. The second kappa shape index (κ2) is 4.86. The second-order valence-corrected chi connectivity index (χ2v) is 7.91. The average molecular weight is 260 g/mol. The van der Waals surface area contributed by atoms with Gasteiger partial charge < -0.3 is 5.32 Å². The number of rotatable bonds is 3. The van der Waals surface area contributed by atoms with Crippen molar-refractivity contribution in [3.8, 4) is 0 Å². The third-order valence-electron chi connectivity index (χ3n) is 4.14. The average Bonchev–Trinajstić information content (AvgIpc) is 2.55. The zero-order valence-corrected chi connectivity index (χ0v) is 11.7.